The number of aromatic nitrogens is 3. The first kappa shape index (κ1) is 29.4. The van der Waals surface area contributed by atoms with Gasteiger partial charge in [0.05, 0.1) is 18.5 Å². The van der Waals surface area contributed by atoms with Crippen molar-refractivity contribution in [1.82, 2.24) is 15.0 Å². The molecule has 4 N–H and O–H groups in total. The summed E-state index contributed by atoms with van der Waals surface area (Å²) in [7, 11) is 1.61. The quantitative estimate of drug-likeness (QED) is 0.152. The summed E-state index contributed by atoms with van der Waals surface area (Å²) in [6.45, 7) is 14.5. The molecule has 3 rings (SSSR count). The Bertz CT molecular complexity index is 1390. The minimum atomic E-state index is -0.516. The van der Waals surface area contributed by atoms with E-state index in [4.69, 9.17) is 19.9 Å². The molecule has 0 aliphatic heterocycles. The van der Waals surface area contributed by atoms with E-state index in [0.717, 1.165) is 22.4 Å². The van der Waals surface area contributed by atoms with E-state index >= 15 is 0 Å². The Morgan fingerprint density at radius 3 is 2.54 bits per heavy atom. The highest BCUT2D eigenvalue weighted by Gasteiger charge is 2.33. The number of H-pyrrole nitrogens is 2. The number of nitrogens with one attached hydrogen (secondary N) is 3. The maximum absolute atomic E-state index is 11.6. The van der Waals surface area contributed by atoms with Gasteiger partial charge in [-0.1, -0.05) is 20.4 Å². The SMILES string of the molecule is C=CC(=NC(=C(C)/C(C)=C(C)/C(C=N)=C\c1[nH]c(=O)[nH]c1O)C(C)C(C)C1CC1)OCc1cc(OC)ccn1. The highest BCUT2D eigenvalue weighted by Crippen LogP contribution is 2.43. The van der Waals surface area contributed by atoms with Crippen molar-refractivity contribution >= 4 is 18.2 Å². The summed E-state index contributed by atoms with van der Waals surface area (Å²) < 4.78 is 11.3. The minimum Gasteiger partial charge on any atom is -0.497 e. The van der Waals surface area contributed by atoms with Gasteiger partial charge in [-0.25, -0.2) is 9.79 Å². The molecule has 0 aromatic carbocycles. The van der Waals surface area contributed by atoms with Gasteiger partial charge in [-0.15, -0.1) is 0 Å². The van der Waals surface area contributed by atoms with E-state index in [1.165, 1.54) is 19.1 Å². The lowest BCUT2D eigenvalue weighted by atomic mass is 9.85. The Hall–Kier alpha value is -4.14. The zero-order valence-corrected chi connectivity index (χ0v) is 23.6. The number of methoxy groups -OCH3 is 1. The van der Waals surface area contributed by atoms with Crippen molar-refractivity contribution in [3.8, 4) is 11.6 Å². The van der Waals surface area contributed by atoms with Gasteiger partial charge in [-0.2, -0.15) is 0 Å². The Morgan fingerprint density at radius 2 is 1.97 bits per heavy atom. The van der Waals surface area contributed by atoms with Crippen LogP contribution in [0.1, 0.15) is 58.8 Å². The molecule has 2 aromatic rings. The Balaban J connectivity index is 2.03. The number of aromatic hydroxyl groups is 1. The monoisotopic (exact) mass is 533 g/mol. The van der Waals surface area contributed by atoms with Crippen LogP contribution >= 0.6 is 0 Å². The molecule has 1 aliphatic carbocycles. The van der Waals surface area contributed by atoms with Crippen molar-refractivity contribution in [2.24, 2.45) is 22.7 Å². The number of pyridine rings is 1. The lowest BCUT2D eigenvalue weighted by molar-refractivity contribution is 0.287. The molecule has 208 valence electrons. The molecule has 2 aromatic heterocycles. The number of hydrogen-bond acceptors (Lipinski definition) is 7. The van der Waals surface area contributed by atoms with Crippen LogP contribution in [0, 0.1) is 23.2 Å². The number of rotatable bonds is 12. The first-order valence-electron chi connectivity index (χ1n) is 13.0. The molecule has 9 heteroatoms. The summed E-state index contributed by atoms with van der Waals surface area (Å²) in [6.07, 6.45) is 8.50. The fraction of sp³-hybridized carbons (Fsp3) is 0.400. The van der Waals surface area contributed by atoms with Crippen LogP contribution in [0.15, 0.2) is 68.8 Å². The molecule has 0 spiro atoms. The van der Waals surface area contributed by atoms with Crippen LogP contribution < -0.4 is 10.4 Å². The molecule has 2 heterocycles. The van der Waals surface area contributed by atoms with E-state index in [9.17, 15) is 9.90 Å². The third kappa shape index (κ3) is 7.46. The molecule has 1 saturated carbocycles. The topological polar surface area (TPSA) is 136 Å². The smallest absolute Gasteiger partial charge is 0.326 e. The number of imidazole rings is 1. The van der Waals surface area contributed by atoms with Gasteiger partial charge in [0, 0.05) is 24.4 Å². The molecule has 39 heavy (non-hydrogen) atoms. The summed E-state index contributed by atoms with van der Waals surface area (Å²) in [6, 6.07) is 3.60. The van der Waals surface area contributed by atoms with Crippen LogP contribution in [0.5, 0.6) is 11.6 Å². The van der Waals surface area contributed by atoms with E-state index < -0.39 is 5.69 Å². The van der Waals surface area contributed by atoms with Crippen molar-refractivity contribution in [3.05, 3.63) is 80.8 Å². The van der Waals surface area contributed by atoms with Crippen molar-refractivity contribution in [2.75, 3.05) is 7.11 Å². The number of nitrogens with zero attached hydrogens (tertiary/aromatic N) is 2. The molecular formula is C30H39N5O4. The second kappa shape index (κ2) is 13.1. The first-order chi connectivity index (χ1) is 18.6. The van der Waals surface area contributed by atoms with Crippen molar-refractivity contribution in [1.29, 1.82) is 5.41 Å². The molecule has 0 amide bonds. The van der Waals surface area contributed by atoms with Gasteiger partial charge in [-0.05, 0) is 86.0 Å². The standard InChI is InChI=1S/C30H39N5O4/c1-8-27(39-16-24-14-25(38-7)11-12-32-24)34-28(21(6)19(4)22-9-10-22)20(5)17(2)18(3)23(15-31)13-26-29(36)35-30(37)33-26/h8,11-15,19,21-22,31,36H,1,9-10,16H2,2-7H3,(H2,33,35,37)/b18-17+,23-13-,28-20?,31-15?,34-27?. The van der Waals surface area contributed by atoms with Gasteiger partial charge >= 0.3 is 5.69 Å². The summed E-state index contributed by atoms with van der Waals surface area (Å²) >= 11 is 0. The summed E-state index contributed by atoms with van der Waals surface area (Å²) in [5.74, 6) is 2.07. The molecular weight excluding hydrogens is 494 g/mol. The van der Waals surface area contributed by atoms with Gasteiger partial charge < -0.3 is 25.0 Å². The minimum absolute atomic E-state index is 0.145. The predicted octanol–water partition coefficient (Wildman–Crippen LogP) is 5.94. The van der Waals surface area contributed by atoms with Gasteiger partial charge in [-0.3, -0.25) is 9.97 Å². The summed E-state index contributed by atoms with van der Waals surface area (Å²) in [4.78, 5) is 25.7. The third-order valence-corrected chi connectivity index (χ3v) is 7.52. The van der Waals surface area contributed by atoms with E-state index in [0.29, 0.717) is 34.8 Å². The lowest BCUT2D eigenvalue weighted by Gasteiger charge is -2.24. The molecule has 1 fully saturated rings. The number of aliphatic imine (C=N–C) groups is 1. The highest BCUT2D eigenvalue weighted by atomic mass is 16.5. The first-order valence-corrected chi connectivity index (χ1v) is 13.0. The number of ether oxygens (including phenoxy) is 2. The maximum atomic E-state index is 11.6. The van der Waals surface area contributed by atoms with E-state index in [2.05, 4.69) is 35.4 Å². The second-order valence-electron chi connectivity index (χ2n) is 9.96. The van der Waals surface area contributed by atoms with Crippen molar-refractivity contribution in [2.45, 2.75) is 54.1 Å². The van der Waals surface area contributed by atoms with Crippen LogP contribution in [-0.2, 0) is 11.3 Å². The van der Waals surface area contributed by atoms with Gasteiger partial charge in [0.25, 0.3) is 0 Å². The predicted molar refractivity (Wildman–Crippen MR) is 155 cm³/mol. The van der Waals surface area contributed by atoms with Crippen LogP contribution in [0.25, 0.3) is 6.08 Å². The number of aromatic amines is 2. The van der Waals surface area contributed by atoms with E-state index in [1.807, 2.05) is 26.8 Å². The second-order valence-corrected chi connectivity index (χ2v) is 9.96. The van der Waals surface area contributed by atoms with E-state index in [-0.39, 0.29) is 24.1 Å². The van der Waals surface area contributed by atoms with Gasteiger partial charge in [0.2, 0.25) is 11.8 Å². The molecule has 9 nitrogen and oxygen atoms in total. The van der Waals surface area contributed by atoms with Gasteiger partial charge in [0.15, 0.2) is 0 Å². The molecule has 1 aliphatic rings. The Labute approximate surface area is 229 Å². The Morgan fingerprint density at radius 1 is 1.26 bits per heavy atom. The van der Waals surface area contributed by atoms with Crippen molar-refractivity contribution < 1.29 is 14.6 Å². The van der Waals surface area contributed by atoms with E-state index in [1.54, 1.807) is 31.5 Å². The molecule has 0 bridgehead atoms. The van der Waals surface area contributed by atoms with Gasteiger partial charge in [0.1, 0.15) is 18.1 Å². The number of allylic oxidation sites excluding steroid dienone is 5. The summed E-state index contributed by atoms with van der Waals surface area (Å²) in [5, 5.41) is 18.0. The molecule has 0 radical (unpaired) electrons. The number of hydrogen-bond donors (Lipinski definition) is 4. The third-order valence-electron chi connectivity index (χ3n) is 7.52. The van der Waals surface area contributed by atoms with Crippen LogP contribution in [0.4, 0.5) is 0 Å². The van der Waals surface area contributed by atoms with Crippen LogP contribution in [0.2, 0.25) is 0 Å². The zero-order chi connectivity index (χ0) is 28.7. The molecule has 2 atom stereocenters. The zero-order valence-electron chi connectivity index (χ0n) is 23.6. The Kier molecular flexibility index (Phi) is 9.87. The average molecular weight is 534 g/mol. The molecule has 0 saturated heterocycles. The lowest BCUT2D eigenvalue weighted by Crippen LogP contribution is -2.15. The maximum Gasteiger partial charge on any atom is 0.326 e. The normalized spacial score (nSPS) is 17.1. The highest BCUT2D eigenvalue weighted by molar-refractivity contribution is 5.90. The van der Waals surface area contributed by atoms with Crippen LogP contribution in [-0.4, -0.2) is 39.3 Å². The average Bonchev–Trinajstić information content (AvgIpc) is 3.74. The van der Waals surface area contributed by atoms with Crippen molar-refractivity contribution in [3.63, 3.8) is 0 Å². The van der Waals surface area contributed by atoms with Crippen LogP contribution in [0.3, 0.4) is 0 Å². The molecule has 2 unspecified atom stereocenters. The fourth-order valence-corrected chi connectivity index (χ4v) is 4.47. The summed E-state index contributed by atoms with van der Waals surface area (Å²) in [5.41, 5.74) is 4.58. The fourth-order valence-electron chi connectivity index (χ4n) is 4.47. The largest absolute Gasteiger partial charge is 0.497 e.